The van der Waals surface area contributed by atoms with Gasteiger partial charge in [0.25, 0.3) is 0 Å². The van der Waals surface area contributed by atoms with Crippen LogP contribution < -0.4 is 0 Å². The SMILES string of the molecule is CC1(C)c2cc(-c3ccc(-c4cn5ccc6ccccc6c5n4)cc3)ccc2-c2cc3c(-c4ccc5ccccc5c4)c4ccccc4c(-c4ccc5ccccc5c4)c3cc21. The average molecular weight is 789 g/mol. The van der Waals surface area contributed by atoms with E-state index in [2.05, 4.69) is 225 Å². The first-order valence-corrected chi connectivity index (χ1v) is 21.6. The number of fused-ring (bicyclic) bond motifs is 10. The summed E-state index contributed by atoms with van der Waals surface area (Å²) in [6.45, 7) is 4.81. The Hall–Kier alpha value is -7.81. The molecule has 0 radical (unpaired) electrons. The summed E-state index contributed by atoms with van der Waals surface area (Å²) in [6, 6.07) is 72.1. The maximum Gasteiger partial charge on any atom is 0.145 e. The molecular formula is C60H40N2. The molecule has 0 amide bonds. The summed E-state index contributed by atoms with van der Waals surface area (Å²) < 4.78 is 2.13. The number of imidazole rings is 1. The number of aromatic nitrogens is 2. The Morgan fingerprint density at radius 2 is 0.887 bits per heavy atom. The molecule has 0 saturated heterocycles. The molecule has 12 aromatic rings. The van der Waals surface area contributed by atoms with E-state index in [0.717, 1.165) is 22.3 Å². The van der Waals surface area contributed by atoms with E-state index in [1.807, 2.05) is 0 Å². The molecule has 0 spiro atoms. The van der Waals surface area contributed by atoms with Crippen LogP contribution in [0.5, 0.6) is 0 Å². The van der Waals surface area contributed by atoms with Gasteiger partial charge in [0.2, 0.25) is 0 Å². The third-order valence-electron chi connectivity index (χ3n) is 13.8. The van der Waals surface area contributed by atoms with Crippen molar-refractivity contribution in [3.05, 3.63) is 218 Å². The summed E-state index contributed by atoms with van der Waals surface area (Å²) in [5, 5.41) is 12.5. The van der Waals surface area contributed by atoms with E-state index in [4.69, 9.17) is 4.98 Å². The maximum atomic E-state index is 5.08. The number of hydrogen-bond acceptors (Lipinski definition) is 1. The van der Waals surface area contributed by atoms with Gasteiger partial charge in [0.1, 0.15) is 5.65 Å². The van der Waals surface area contributed by atoms with Crippen molar-refractivity contribution in [2.75, 3.05) is 0 Å². The van der Waals surface area contributed by atoms with Gasteiger partial charge in [-0.2, -0.15) is 0 Å². The summed E-state index contributed by atoms with van der Waals surface area (Å²) in [4.78, 5) is 5.08. The van der Waals surface area contributed by atoms with Crippen LogP contribution in [0.2, 0.25) is 0 Å². The molecule has 2 heterocycles. The molecule has 0 atom stereocenters. The summed E-state index contributed by atoms with van der Waals surface area (Å²) in [7, 11) is 0. The summed E-state index contributed by atoms with van der Waals surface area (Å²) in [6.07, 6.45) is 4.24. The first kappa shape index (κ1) is 35.0. The Morgan fingerprint density at radius 1 is 0.371 bits per heavy atom. The van der Waals surface area contributed by atoms with Gasteiger partial charge in [-0.05, 0) is 141 Å². The molecule has 62 heavy (non-hydrogen) atoms. The minimum atomic E-state index is -0.219. The average Bonchev–Trinajstić information content (AvgIpc) is 3.86. The van der Waals surface area contributed by atoms with Crippen LogP contribution in [0.25, 0.3) is 115 Å². The van der Waals surface area contributed by atoms with Crippen molar-refractivity contribution >= 4 is 59.5 Å². The van der Waals surface area contributed by atoms with E-state index < -0.39 is 0 Å². The normalized spacial score (nSPS) is 13.1. The molecule has 0 bridgehead atoms. The van der Waals surface area contributed by atoms with E-state index in [9.17, 15) is 0 Å². The van der Waals surface area contributed by atoms with Gasteiger partial charge in [0.15, 0.2) is 0 Å². The summed E-state index contributed by atoms with van der Waals surface area (Å²) >= 11 is 0. The third kappa shape index (κ3) is 5.20. The minimum absolute atomic E-state index is 0.219. The fraction of sp³-hybridized carbons (Fsp3) is 0.0500. The highest BCUT2D eigenvalue weighted by atomic mass is 15.0. The van der Waals surface area contributed by atoms with Gasteiger partial charge < -0.3 is 4.40 Å². The number of hydrogen-bond donors (Lipinski definition) is 0. The molecule has 2 aromatic heterocycles. The van der Waals surface area contributed by atoms with Crippen molar-refractivity contribution in [1.29, 1.82) is 0 Å². The highest BCUT2D eigenvalue weighted by Gasteiger charge is 2.37. The van der Waals surface area contributed by atoms with Crippen molar-refractivity contribution in [2.45, 2.75) is 19.3 Å². The highest BCUT2D eigenvalue weighted by Crippen LogP contribution is 2.54. The highest BCUT2D eigenvalue weighted by molar-refractivity contribution is 6.23. The van der Waals surface area contributed by atoms with Gasteiger partial charge in [-0.25, -0.2) is 4.98 Å². The Labute approximate surface area is 360 Å². The molecule has 1 aliphatic rings. The summed E-state index contributed by atoms with van der Waals surface area (Å²) in [5.41, 5.74) is 15.7. The van der Waals surface area contributed by atoms with Gasteiger partial charge in [0.05, 0.1) is 5.69 Å². The Balaban J connectivity index is 0.984. The number of nitrogens with zero attached hydrogens (tertiary/aromatic N) is 2. The van der Waals surface area contributed by atoms with Crippen molar-refractivity contribution in [1.82, 2.24) is 9.38 Å². The predicted octanol–water partition coefficient (Wildman–Crippen LogP) is 16.1. The monoisotopic (exact) mass is 788 g/mol. The van der Waals surface area contributed by atoms with Crippen LogP contribution in [-0.2, 0) is 5.41 Å². The lowest BCUT2D eigenvalue weighted by Crippen LogP contribution is -2.15. The van der Waals surface area contributed by atoms with Crippen molar-refractivity contribution in [3.8, 4) is 55.8 Å². The maximum absolute atomic E-state index is 5.08. The van der Waals surface area contributed by atoms with Gasteiger partial charge in [-0.1, -0.05) is 172 Å². The van der Waals surface area contributed by atoms with Crippen LogP contribution in [0.15, 0.2) is 207 Å². The third-order valence-corrected chi connectivity index (χ3v) is 13.8. The van der Waals surface area contributed by atoms with Crippen LogP contribution in [0.1, 0.15) is 25.0 Å². The number of rotatable bonds is 4. The van der Waals surface area contributed by atoms with Crippen LogP contribution in [0, 0.1) is 0 Å². The first-order chi connectivity index (χ1) is 30.5. The second-order valence-electron chi connectivity index (χ2n) is 17.6. The smallest absolute Gasteiger partial charge is 0.145 e. The molecule has 13 rings (SSSR count). The fourth-order valence-electron chi connectivity index (χ4n) is 10.6. The van der Waals surface area contributed by atoms with Crippen LogP contribution in [-0.4, -0.2) is 9.38 Å². The summed E-state index contributed by atoms with van der Waals surface area (Å²) in [5.74, 6) is 0. The Morgan fingerprint density at radius 3 is 1.55 bits per heavy atom. The van der Waals surface area contributed by atoms with Gasteiger partial charge in [-0.3, -0.25) is 0 Å². The number of pyridine rings is 1. The van der Waals surface area contributed by atoms with E-state index in [-0.39, 0.29) is 5.41 Å². The molecule has 0 fully saturated rings. The lowest BCUT2D eigenvalue weighted by Gasteiger charge is -2.24. The molecule has 0 saturated carbocycles. The second kappa shape index (κ2) is 13.1. The molecule has 2 nitrogen and oxygen atoms in total. The minimum Gasteiger partial charge on any atom is -0.306 e. The van der Waals surface area contributed by atoms with Crippen LogP contribution >= 0.6 is 0 Å². The standard InChI is InChI=1S/C60H40N2/c1-60(2)54-33-44(39-19-23-41(24-20-39)56-36-62-30-29-40-13-7-8-16-47(40)59(62)61-56)27-28-48(54)51-34-52-53(35-55(51)60)58(46-26-22-38-12-4-6-15-43(38)32-46)50-18-10-9-17-49(50)57(52)45-25-21-37-11-3-5-14-42(37)31-45/h3-36H,1-2H3. The van der Waals surface area contributed by atoms with E-state index in [0.29, 0.717) is 0 Å². The molecule has 290 valence electrons. The zero-order valence-corrected chi connectivity index (χ0v) is 34.5. The van der Waals surface area contributed by atoms with E-state index >= 15 is 0 Å². The van der Waals surface area contributed by atoms with Crippen molar-refractivity contribution in [3.63, 3.8) is 0 Å². The van der Waals surface area contributed by atoms with Crippen molar-refractivity contribution in [2.24, 2.45) is 0 Å². The lowest BCUT2D eigenvalue weighted by molar-refractivity contribution is 0.661. The molecule has 0 N–H and O–H groups in total. The van der Waals surface area contributed by atoms with Crippen LogP contribution in [0.4, 0.5) is 0 Å². The number of benzene rings is 10. The first-order valence-electron chi connectivity index (χ1n) is 21.6. The fourth-order valence-corrected chi connectivity index (χ4v) is 10.6. The zero-order valence-electron chi connectivity index (χ0n) is 34.5. The van der Waals surface area contributed by atoms with Gasteiger partial charge >= 0.3 is 0 Å². The van der Waals surface area contributed by atoms with E-state index in [1.165, 1.54) is 104 Å². The quantitative estimate of drug-likeness (QED) is 0.162. The van der Waals surface area contributed by atoms with Crippen LogP contribution in [0.3, 0.4) is 0 Å². The van der Waals surface area contributed by atoms with E-state index in [1.54, 1.807) is 0 Å². The lowest BCUT2D eigenvalue weighted by atomic mass is 9.79. The Bertz CT molecular complexity index is 3830. The van der Waals surface area contributed by atoms with Gasteiger partial charge in [0, 0.05) is 28.8 Å². The predicted molar refractivity (Wildman–Crippen MR) is 262 cm³/mol. The molecule has 0 unspecified atom stereocenters. The molecule has 10 aromatic carbocycles. The van der Waals surface area contributed by atoms with Gasteiger partial charge in [-0.15, -0.1) is 0 Å². The second-order valence-corrected chi connectivity index (χ2v) is 17.6. The Kier molecular flexibility index (Phi) is 7.39. The molecule has 1 aliphatic carbocycles. The molecule has 2 heteroatoms. The molecular weight excluding hydrogens is 749 g/mol. The topological polar surface area (TPSA) is 17.3 Å². The zero-order chi connectivity index (χ0) is 41.1. The van der Waals surface area contributed by atoms with Crippen molar-refractivity contribution < 1.29 is 0 Å². The largest absolute Gasteiger partial charge is 0.306 e. The molecule has 0 aliphatic heterocycles.